The molecular formula is C17H26N4O3. The molecule has 0 aliphatic carbocycles. The molecule has 0 unspecified atom stereocenters. The van der Waals surface area contributed by atoms with Crippen molar-refractivity contribution in [2.75, 3.05) is 19.6 Å². The summed E-state index contributed by atoms with van der Waals surface area (Å²) in [7, 11) is 0. The third-order valence-electron chi connectivity index (χ3n) is 4.10. The Bertz CT molecular complexity index is 627. The minimum Gasteiger partial charge on any atom is -0.351 e. The largest absolute Gasteiger partial charge is 0.351 e. The SMILES string of the molecule is CCCn1nc(C(=O)NCCCN2CCCCCC2=O)ccc1=O. The molecule has 1 aromatic heterocycles. The van der Waals surface area contributed by atoms with E-state index >= 15 is 0 Å². The van der Waals surface area contributed by atoms with Gasteiger partial charge in [0.1, 0.15) is 5.69 Å². The molecule has 0 atom stereocenters. The van der Waals surface area contributed by atoms with Crippen LogP contribution in [-0.4, -0.2) is 46.1 Å². The second kappa shape index (κ2) is 9.20. The molecule has 2 amide bonds. The van der Waals surface area contributed by atoms with E-state index in [4.69, 9.17) is 0 Å². The van der Waals surface area contributed by atoms with Crippen molar-refractivity contribution in [1.29, 1.82) is 0 Å². The summed E-state index contributed by atoms with van der Waals surface area (Å²) in [5.41, 5.74) is 0.0435. The average Bonchev–Trinajstić information content (AvgIpc) is 2.78. The standard InChI is InChI=1S/C17H26N4O3/c1-2-11-21-16(23)9-8-14(19-21)17(24)18-10-6-13-20-12-5-3-4-7-15(20)22/h8-9H,2-7,10-13H2,1H3,(H,18,24). The Morgan fingerprint density at radius 3 is 2.83 bits per heavy atom. The molecule has 0 radical (unpaired) electrons. The fourth-order valence-electron chi connectivity index (χ4n) is 2.78. The van der Waals surface area contributed by atoms with Gasteiger partial charge in [-0.2, -0.15) is 5.10 Å². The van der Waals surface area contributed by atoms with E-state index in [1.165, 1.54) is 16.8 Å². The molecule has 1 aliphatic rings. The highest BCUT2D eigenvalue weighted by molar-refractivity contribution is 5.91. The molecule has 1 N–H and O–H groups in total. The van der Waals surface area contributed by atoms with Crippen LogP contribution in [0, 0.1) is 0 Å². The Hall–Kier alpha value is -2.18. The Morgan fingerprint density at radius 2 is 2.04 bits per heavy atom. The second-order valence-corrected chi connectivity index (χ2v) is 6.08. The summed E-state index contributed by atoms with van der Waals surface area (Å²) in [6.45, 7) is 4.41. The van der Waals surface area contributed by atoms with Gasteiger partial charge in [0.25, 0.3) is 11.5 Å². The molecule has 0 saturated carbocycles. The Kier molecular flexibility index (Phi) is 6.96. The zero-order chi connectivity index (χ0) is 17.4. The molecular weight excluding hydrogens is 308 g/mol. The van der Waals surface area contributed by atoms with Gasteiger partial charge in [-0.25, -0.2) is 4.68 Å². The number of nitrogens with zero attached hydrogens (tertiary/aromatic N) is 3. The number of hydrogen-bond donors (Lipinski definition) is 1. The van der Waals surface area contributed by atoms with Gasteiger partial charge >= 0.3 is 0 Å². The molecule has 1 fully saturated rings. The summed E-state index contributed by atoms with van der Waals surface area (Å²) in [5.74, 6) is -0.0748. The predicted octanol–water partition coefficient (Wildman–Crippen LogP) is 1.18. The zero-order valence-corrected chi connectivity index (χ0v) is 14.3. The first-order chi connectivity index (χ1) is 11.6. The lowest BCUT2D eigenvalue weighted by Gasteiger charge is -2.20. The maximum atomic E-state index is 12.1. The lowest BCUT2D eigenvalue weighted by atomic mass is 10.2. The van der Waals surface area contributed by atoms with Crippen molar-refractivity contribution >= 4 is 11.8 Å². The lowest BCUT2D eigenvalue weighted by molar-refractivity contribution is -0.130. The first kappa shape index (κ1) is 18.2. The number of carbonyl (C=O) groups excluding carboxylic acids is 2. The highest BCUT2D eigenvalue weighted by Crippen LogP contribution is 2.11. The van der Waals surface area contributed by atoms with E-state index in [9.17, 15) is 14.4 Å². The molecule has 1 aliphatic heterocycles. The van der Waals surface area contributed by atoms with Crippen molar-refractivity contribution in [2.45, 2.75) is 52.0 Å². The summed E-state index contributed by atoms with van der Waals surface area (Å²) >= 11 is 0. The number of hydrogen-bond acceptors (Lipinski definition) is 4. The minimum atomic E-state index is -0.290. The molecule has 7 nitrogen and oxygen atoms in total. The van der Waals surface area contributed by atoms with Crippen LogP contribution in [0.5, 0.6) is 0 Å². The average molecular weight is 334 g/mol. The number of carbonyl (C=O) groups is 2. The number of amides is 2. The van der Waals surface area contributed by atoms with Crippen LogP contribution in [0.15, 0.2) is 16.9 Å². The van der Waals surface area contributed by atoms with Gasteiger partial charge < -0.3 is 10.2 Å². The maximum absolute atomic E-state index is 12.1. The molecule has 2 heterocycles. The van der Waals surface area contributed by atoms with Crippen LogP contribution >= 0.6 is 0 Å². The van der Waals surface area contributed by atoms with E-state index in [2.05, 4.69) is 10.4 Å². The van der Waals surface area contributed by atoms with E-state index in [0.29, 0.717) is 32.5 Å². The fourth-order valence-corrected chi connectivity index (χ4v) is 2.78. The van der Waals surface area contributed by atoms with E-state index in [0.717, 1.165) is 32.2 Å². The van der Waals surface area contributed by atoms with Gasteiger partial charge in [0, 0.05) is 38.7 Å². The van der Waals surface area contributed by atoms with E-state index in [1.54, 1.807) is 0 Å². The van der Waals surface area contributed by atoms with Crippen molar-refractivity contribution in [1.82, 2.24) is 20.0 Å². The Balaban J connectivity index is 1.79. The third-order valence-corrected chi connectivity index (χ3v) is 4.10. The first-order valence-corrected chi connectivity index (χ1v) is 8.76. The van der Waals surface area contributed by atoms with Crippen LogP contribution in [0.1, 0.15) is 55.9 Å². The summed E-state index contributed by atoms with van der Waals surface area (Å²) in [5, 5.41) is 6.89. The molecule has 24 heavy (non-hydrogen) atoms. The van der Waals surface area contributed by atoms with E-state index in [1.807, 2.05) is 11.8 Å². The lowest BCUT2D eigenvalue weighted by Crippen LogP contribution is -2.34. The Morgan fingerprint density at radius 1 is 1.21 bits per heavy atom. The van der Waals surface area contributed by atoms with Crippen molar-refractivity contribution in [3.63, 3.8) is 0 Å². The van der Waals surface area contributed by atoms with Gasteiger partial charge in [-0.05, 0) is 31.7 Å². The number of aryl methyl sites for hydroxylation is 1. The fraction of sp³-hybridized carbons (Fsp3) is 0.647. The molecule has 1 saturated heterocycles. The van der Waals surface area contributed by atoms with Crippen LogP contribution in [0.2, 0.25) is 0 Å². The van der Waals surface area contributed by atoms with Crippen LogP contribution in [0.3, 0.4) is 0 Å². The molecule has 1 aromatic rings. The highest BCUT2D eigenvalue weighted by atomic mass is 16.2. The molecule has 7 heteroatoms. The van der Waals surface area contributed by atoms with Gasteiger partial charge in [0.2, 0.25) is 5.91 Å². The topological polar surface area (TPSA) is 84.3 Å². The number of nitrogens with one attached hydrogen (secondary N) is 1. The maximum Gasteiger partial charge on any atom is 0.271 e. The molecule has 0 bridgehead atoms. The number of rotatable bonds is 7. The van der Waals surface area contributed by atoms with Gasteiger partial charge in [0.15, 0.2) is 0 Å². The normalized spacial score (nSPS) is 15.2. The summed E-state index contributed by atoms with van der Waals surface area (Å²) < 4.78 is 1.31. The number of likely N-dealkylation sites (tertiary alicyclic amines) is 1. The van der Waals surface area contributed by atoms with Crippen molar-refractivity contribution in [3.8, 4) is 0 Å². The van der Waals surface area contributed by atoms with E-state index < -0.39 is 0 Å². The predicted molar refractivity (Wildman–Crippen MR) is 90.8 cm³/mol. The zero-order valence-electron chi connectivity index (χ0n) is 14.3. The second-order valence-electron chi connectivity index (χ2n) is 6.08. The van der Waals surface area contributed by atoms with Crippen molar-refractivity contribution in [3.05, 3.63) is 28.2 Å². The van der Waals surface area contributed by atoms with E-state index in [-0.39, 0.29) is 23.1 Å². The summed E-state index contributed by atoms with van der Waals surface area (Å²) in [4.78, 5) is 37.5. The summed E-state index contributed by atoms with van der Waals surface area (Å²) in [6, 6.07) is 2.82. The highest BCUT2D eigenvalue weighted by Gasteiger charge is 2.16. The van der Waals surface area contributed by atoms with Crippen molar-refractivity contribution < 1.29 is 9.59 Å². The van der Waals surface area contributed by atoms with Crippen LogP contribution in [0.25, 0.3) is 0 Å². The van der Waals surface area contributed by atoms with Crippen molar-refractivity contribution in [2.24, 2.45) is 0 Å². The van der Waals surface area contributed by atoms with Gasteiger partial charge in [0.05, 0.1) is 0 Å². The molecule has 0 aromatic carbocycles. The first-order valence-electron chi connectivity index (χ1n) is 8.76. The quantitative estimate of drug-likeness (QED) is 0.759. The monoisotopic (exact) mass is 334 g/mol. The Labute approximate surface area is 142 Å². The molecule has 2 rings (SSSR count). The van der Waals surface area contributed by atoms with Gasteiger partial charge in [-0.15, -0.1) is 0 Å². The van der Waals surface area contributed by atoms with Crippen LogP contribution in [0.4, 0.5) is 0 Å². The van der Waals surface area contributed by atoms with Gasteiger partial charge in [-0.3, -0.25) is 14.4 Å². The van der Waals surface area contributed by atoms with Gasteiger partial charge in [-0.1, -0.05) is 13.3 Å². The summed E-state index contributed by atoms with van der Waals surface area (Å²) in [6.07, 6.45) is 5.27. The minimum absolute atomic E-state index is 0.201. The smallest absolute Gasteiger partial charge is 0.271 e. The van der Waals surface area contributed by atoms with Crippen LogP contribution in [-0.2, 0) is 11.3 Å². The molecule has 0 spiro atoms. The van der Waals surface area contributed by atoms with Crippen LogP contribution < -0.4 is 10.9 Å². The number of aromatic nitrogens is 2. The third kappa shape index (κ3) is 5.18. The molecule has 132 valence electrons.